The minimum atomic E-state index is -3.49. The van der Waals surface area contributed by atoms with Gasteiger partial charge in [0.1, 0.15) is 0 Å². The zero-order chi connectivity index (χ0) is 19.3. The number of carbonyl (C=O) groups excluding carboxylic acids is 1. The Morgan fingerprint density at radius 2 is 1.81 bits per heavy atom. The predicted octanol–water partition coefficient (Wildman–Crippen LogP) is 2.92. The largest absolute Gasteiger partial charge is 0.493 e. The van der Waals surface area contributed by atoms with Crippen molar-refractivity contribution in [2.45, 2.75) is 6.61 Å². The van der Waals surface area contributed by atoms with Gasteiger partial charge in [0.2, 0.25) is 10.0 Å². The molecule has 0 fully saturated rings. The van der Waals surface area contributed by atoms with Gasteiger partial charge in [-0.25, -0.2) is 8.42 Å². The second-order valence-electron chi connectivity index (χ2n) is 5.15. The van der Waals surface area contributed by atoms with E-state index in [2.05, 4.69) is 14.8 Å². The molecule has 26 heavy (non-hydrogen) atoms. The van der Waals surface area contributed by atoms with Crippen LogP contribution in [0.25, 0.3) is 0 Å². The van der Waals surface area contributed by atoms with E-state index in [1.807, 2.05) is 0 Å². The number of rotatable bonds is 7. The van der Waals surface area contributed by atoms with Crippen molar-refractivity contribution in [3.8, 4) is 11.5 Å². The van der Waals surface area contributed by atoms with Crippen molar-refractivity contribution in [2.75, 3.05) is 23.4 Å². The molecule has 0 aliphatic carbocycles. The lowest BCUT2D eigenvalue weighted by atomic mass is 10.2. The second kappa shape index (κ2) is 8.00. The molecule has 0 aromatic heterocycles. The van der Waals surface area contributed by atoms with Gasteiger partial charge in [-0.05, 0) is 30.3 Å². The summed E-state index contributed by atoms with van der Waals surface area (Å²) < 4.78 is 59.0. The summed E-state index contributed by atoms with van der Waals surface area (Å²) >= 11 is 0. The number of anilines is 2. The first-order valence-electron chi connectivity index (χ1n) is 7.20. The molecular formula is C16H16F2N2O5S. The average molecular weight is 386 g/mol. The number of methoxy groups -OCH3 is 1. The number of sulfonamides is 1. The van der Waals surface area contributed by atoms with E-state index in [-0.39, 0.29) is 28.4 Å². The lowest BCUT2D eigenvalue weighted by Gasteiger charge is -2.12. The van der Waals surface area contributed by atoms with E-state index in [9.17, 15) is 22.0 Å². The smallest absolute Gasteiger partial charge is 0.387 e. The van der Waals surface area contributed by atoms with Gasteiger partial charge in [0, 0.05) is 23.0 Å². The van der Waals surface area contributed by atoms with Gasteiger partial charge in [0.05, 0.1) is 13.4 Å². The molecule has 0 saturated carbocycles. The van der Waals surface area contributed by atoms with Gasteiger partial charge in [-0.15, -0.1) is 0 Å². The van der Waals surface area contributed by atoms with Crippen LogP contribution in [-0.2, 0) is 10.0 Å². The van der Waals surface area contributed by atoms with Crippen molar-refractivity contribution in [3.63, 3.8) is 0 Å². The highest BCUT2D eigenvalue weighted by molar-refractivity contribution is 7.92. The fraction of sp³-hybridized carbons (Fsp3) is 0.188. The molecule has 0 heterocycles. The van der Waals surface area contributed by atoms with Gasteiger partial charge in [0.15, 0.2) is 11.5 Å². The van der Waals surface area contributed by atoms with E-state index in [1.54, 1.807) is 0 Å². The standard InChI is InChI=1S/C16H16F2N2O5S/c1-24-13-7-6-11(9-14(13)25-16(17)18)19-15(21)10-4-3-5-12(8-10)20-26(2,22)23/h3-9,16,20H,1-2H3,(H,19,21). The van der Waals surface area contributed by atoms with Crippen LogP contribution in [0.1, 0.15) is 10.4 Å². The fourth-order valence-electron chi connectivity index (χ4n) is 2.08. The second-order valence-corrected chi connectivity index (χ2v) is 6.90. The lowest BCUT2D eigenvalue weighted by molar-refractivity contribution is -0.0511. The molecule has 0 spiro atoms. The molecule has 10 heteroatoms. The van der Waals surface area contributed by atoms with E-state index < -0.39 is 22.5 Å². The molecule has 7 nitrogen and oxygen atoms in total. The summed E-state index contributed by atoms with van der Waals surface area (Å²) in [6.07, 6.45) is 0.988. The van der Waals surface area contributed by atoms with Gasteiger partial charge in [-0.2, -0.15) is 8.78 Å². The van der Waals surface area contributed by atoms with Gasteiger partial charge in [-0.1, -0.05) is 6.07 Å². The van der Waals surface area contributed by atoms with E-state index in [0.29, 0.717) is 0 Å². The normalized spacial score (nSPS) is 11.1. The molecule has 0 aliphatic rings. The zero-order valence-corrected chi connectivity index (χ0v) is 14.6. The summed E-state index contributed by atoms with van der Waals surface area (Å²) in [7, 11) is -2.19. The van der Waals surface area contributed by atoms with E-state index in [0.717, 1.165) is 6.26 Å². The molecule has 0 radical (unpaired) electrons. The van der Waals surface area contributed by atoms with Gasteiger partial charge >= 0.3 is 6.61 Å². The molecular weight excluding hydrogens is 370 g/mol. The summed E-state index contributed by atoms with van der Waals surface area (Å²) in [5.41, 5.74) is 0.593. The Morgan fingerprint density at radius 1 is 1.08 bits per heavy atom. The molecule has 0 saturated heterocycles. The number of carbonyl (C=O) groups is 1. The van der Waals surface area contributed by atoms with Crippen LogP contribution in [-0.4, -0.2) is 34.3 Å². The summed E-state index contributed by atoms with van der Waals surface area (Å²) in [5, 5.41) is 2.52. The number of hydrogen-bond donors (Lipinski definition) is 2. The highest BCUT2D eigenvalue weighted by Gasteiger charge is 2.14. The van der Waals surface area contributed by atoms with Crippen LogP contribution in [0.2, 0.25) is 0 Å². The topological polar surface area (TPSA) is 93.7 Å². The van der Waals surface area contributed by atoms with E-state index in [1.165, 1.54) is 49.6 Å². The SMILES string of the molecule is COc1ccc(NC(=O)c2cccc(NS(C)(=O)=O)c2)cc1OC(F)F. The summed E-state index contributed by atoms with van der Waals surface area (Å²) in [4.78, 5) is 12.3. The Kier molecular flexibility index (Phi) is 5.98. The number of alkyl halides is 2. The number of halogens is 2. The van der Waals surface area contributed by atoms with Crippen LogP contribution >= 0.6 is 0 Å². The Labute approximate surface area is 149 Å². The predicted molar refractivity (Wildman–Crippen MR) is 92.5 cm³/mol. The minimum Gasteiger partial charge on any atom is -0.493 e. The van der Waals surface area contributed by atoms with Crippen molar-refractivity contribution >= 4 is 27.3 Å². The van der Waals surface area contributed by atoms with Crippen LogP contribution in [0.15, 0.2) is 42.5 Å². The number of amides is 1. The number of benzene rings is 2. The average Bonchev–Trinajstić information content (AvgIpc) is 2.53. The van der Waals surface area contributed by atoms with Crippen LogP contribution < -0.4 is 19.5 Å². The highest BCUT2D eigenvalue weighted by atomic mass is 32.2. The van der Waals surface area contributed by atoms with Crippen molar-refractivity contribution in [1.82, 2.24) is 0 Å². The molecule has 0 unspecified atom stereocenters. The van der Waals surface area contributed by atoms with Crippen molar-refractivity contribution in [3.05, 3.63) is 48.0 Å². The van der Waals surface area contributed by atoms with Crippen LogP contribution in [0.5, 0.6) is 11.5 Å². The number of hydrogen-bond acceptors (Lipinski definition) is 5. The molecule has 1 amide bonds. The van der Waals surface area contributed by atoms with Crippen LogP contribution in [0, 0.1) is 0 Å². The third kappa shape index (κ3) is 5.59. The molecule has 0 aliphatic heterocycles. The first kappa shape index (κ1) is 19.4. The van der Waals surface area contributed by atoms with E-state index >= 15 is 0 Å². The molecule has 2 aromatic carbocycles. The van der Waals surface area contributed by atoms with Crippen LogP contribution in [0.4, 0.5) is 20.2 Å². The molecule has 140 valence electrons. The van der Waals surface area contributed by atoms with Crippen molar-refractivity contribution in [2.24, 2.45) is 0 Å². The summed E-state index contributed by atoms with van der Waals surface area (Å²) in [5.74, 6) is -0.703. The number of ether oxygens (including phenoxy) is 2. The minimum absolute atomic E-state index is 0.0858. The summed E-state index contributed by atoms with van der Waals surface area (Å²) in [6.45, 7) is -3.05. The van der Waals surface area contributed by atoms with E-state index in [4.69, 9.17) is 4.74 Å². The maximum absolute atomic E-state index is 12.5. The lowest BCUT2D eigenvalue weighted by Crippen LogP contribution is -2.14. The Morgan fingerprint density at radius 3 is 2.42 bits per heavy atom. The molecule has 2 rings (SSSR count). The van der Waals surface area contributed by atoms with Gasteiger partial charge in [-0.3, -0.25) is 9.52 Å². The zero-order valence-electron chi connectivity index (χ0n) is 13.8. The Hall–Kier alpha value is -2.88. The monoisotopic (exact) mass is 386 g/mol. The van der Waals surface area contributed by atoms with Crippen molar-refractivity contribution in [1.29, 1.82) is 0 Å². The molecule has 0 bridgehead atoms. The maximum atomic E-state index is 12.5. The quantitative estimate of drug-likeness (QED) is 0.763. The molecule has 0 atom stereocenters. The first-order chi connectivity index (χ1) is 12.2. The highest BCUT2D eigenvalue weighted by Crippen LogP contribution is 2.31. The Balaban J connectivity index is 2.20. The first-order valence-corrected chi connectivity index (χ1v) is 9.09. The Bertz CT molecular complexity index is 903. The maximum Gasteiger partial charge on any atom is 0.387 e. The third-order valence-electron chi connectivity index (χ3n) is 3.07. The van der Waals surface area contributed by atoms with Crippen molar-refractivity contribution < 1.29 is 31.5 Å². The number of nitrogens with one attached hydrogen (secondary N) is 2. The fourth-order valence-corrected chi connectivity index (χ4v) is 2.64. The van der Waals surface area contributed by atoms with Gasteiger partial charge < -0.3 is 14.8 Å². The third-order valence-corrected chi connectivity index (χ3v) is 3.67. The van der Waals surface area contributed by atoms with Gasteiger partial charge in [0.25, 0.3) is 5.91 Å². The van der Waals surface area contributed by atoms with Crippen LogP contribution in [0.3, 0.4) is 0 Å². The summed E-state index contributed by atoms with van der Waals surface area (Å²) in [6, 6.07) is 9.82. The molecule has 2 aromatic rings. The molecule has 2 N–H and O–H groups in total.